The van der Waals surface area contributed by atoms with E-state index in [1.165, 1.54) is 32.1 Å². The smallest absolute Gasteiger partial charge is 0.315 e. The van der Waals surface area contributed by atoms with E-state index in [1.807, 2.05) is 25.6 Å². The number of thioether (sulfide) groups is 1. The summed E-state index contributed by atoms with van der Waals surface area (Å²) in [5.41, 5.74) is 1.28. The summed E-state index contributed by atoms with van der Waals surface area (Å²) in [4.78, 5) is 37.4. The Bertz CT molecular complexity index is 1370. The van der Waals surface area contributed by atoms with Crippen molar-refractivity contribution in [2.24, 2.45) is 40.4 Å². The maximum atomic E-state index is 13.0. The van der Waals surface area contributed by atoms with E-state index in [0.29, 0.717) is 54.9 Å². The topological polar surface area (TPSA) is 129 Å². The molecule has 0 aromatic rings. The molecule has 5 fully saturated rings. The fourth-order valence-corrected chi connectivity index (χ4v) is 13.5. The normalized spacial score (nSPS) is 37.0. The van der Waals surface area contributed by atoms with Crippen LogP contribution in [0, 0.1) is 40.4 Å². The molecular weight excluding hydrogens is 685 g/mol. The van der Waals surface area contributed by atoms with Gasteiger partial charge in [-0.2, -0.15) is 11.8 Å². The molecule has 10 heteroatoms. The molecule has 53 heavy (non-hydrogen) atoms. The molecule has 300 valence electrons. The first-order chi connectivity index (χ1) is 25.0. The predicted octanol–water partition coefficient (Wildman–Crippen LogP) is 7.26. The van der Waals surface area contributed by atoms with Gasteiger partial charge in [0.1, 0.15) is 0 Å². The van der Waals surface area contributed by atoms with Crippen LogP contribution in [0.1, 0.15) is 145 Å². The first-order valence-corrected chi connectivity index (χ1v) is 22.3. The highest BCUT2D eigenvalue weighted by Crippen LogP contribution is 2.67. The molecule has 3 saturated carbocycles. The summed E-state index contributed by atoms with van der Waals surface area (Å²) in [6.07, 6.45) is 17.3. The second kappa shape index (κ2) is 16.4. The molecule has 2 saturated heterocycles. The Hall–Kier alpha value is -1.78. The highest BCUT2D eigenvalue weighted by molar-refractivity contribution is 8.00. The van der Waals surface area contributed by atoms with Gasteiger partial charge in [-0.3, -0.25) is 9.59 Å². The number of amides is 4. The number of carbonyl (C=O) groups excluding carboxylic acids is 3. The zero-order chi connectivity index (χ0) is 38.2. The summed E-state index contributed by atoms with van der Waals surface area (Å²) in [6.45, 7) is 16.6. The van der Waals surface area contributed by atoms with E-state index in [2.05, 4.69) is 62.0 Å². The fourth-order valence-electron chi connectivity index (χ4n) is 12.0. The second-order valence-electron chi connectivity index (χ2n) is 19.8. The number of aliphatic hydroxyl groups is 1. The standard InChI is InChI=1S/C43H72N4O5S/c1-27(31-15-16-32-30-14-13-28-24-29(48)18-20-42(28,6)33(30)19-21-43(31,32)7)12-17-36(49)44-23-22-41(4,5)52-26-40(2,3)47-37(50)11-9-8-10-35-38-34(25-53-35)45-39(51)46-38/h13,27,29-35,38,48H,8-12,14-26H2,1-7H3,(H,44,49)(H,47,50)(H2,45,46,51)/t27?,29-,30?,31?,32-,33-,34-,35-,38-,42-,43+/m0/s1. The van der Waals surface area contributed by atoms with Crippen molar-refractivity contribution < 1.29 is 24.2 Å². The van der Waals surface area contributed by atoms with Crippen LogP contribution in [0.5, 0.6) is 0 Å². The Morgan fingerprint density at radius 2 is 1.83 bits per heavy atom. The minimum atomic E-state index is -0.495. The summed E-state index contributed by atoms with van der Waals surface area (Å²) in [6, 6.07) is 0.394. The highest BCUT2D eigenvalue weighted by atomic mass is 32.2. The molecule has 2 heterocycles. The van der Waals surface area contributed by atoms with Gasteiger partial charge in [-0.05, 0) is 145 Å². The number of carbonyl (C=O) groups is 3. The van der Waals surface area contributed by atoms with Crippen molar-refractivity contribution in [2.75, 3.05) is 18.9 Å². The third kappa shape index (κ3) is 9.27. The summed E-state index contributed by atoms with van der Waals surface area (Å²) in [7, 11) is 0. The predicted molar refractivity (Wildman–Crippen MR) is 213 cm³/mol. The average molecular weight is 757 g/mol. The molecule has 3 unspecified atom stereocenters. The second-order valence-corrected chi connectivity index (χ2v) is 21.1. The molecule has 4 amide bonds. The lowest BCUT2D eigenvalue weighted by molar-refractivity contribution is -0.125. The Kier molecular flexibility index (Phi) is 12.6. The number of urea groups is 1. The minimum Gasteiger partial charge on any atom is -0.393 e. The van der Waals surface area contributed by atoms with Gasteiger partial charge in [-0.25, -0.2) is 4.79 Å². The van der Waals surface area contributed by atoms with Gasteiger partial charge in [0.2, 0.25) is 11.8 Å². The molecule has 11 atom stereocenters. The van der Waals surface area contributed by atoms with Gasteiger partial charge in [-0.15, -0.1) is 0 Å². The minimum absolute atomic E-state index is 0.0422. The van der Waals surface area contributed by atoms with Gasteiger partial charge in [-0.1, -0.05) is 38.8 Å². The summed E-state index contributed by atoms with van der Waals surface area (Å²) in [5, 5.41) is 23.1. The molecule has 9 nitrogen and oxygen atoms in total. The van der Waals surface area contributed by atoms with Crippen molar-refractivity contribution >= 4 is 29.6 Å². The van der Waals surface area contributed by atoms with Gasteiger partial charge >= 0.3 is 6.03 Å². The molecule has 0 spiro atoms. The maximum Gasteiger partial charge on any atom is 0.315 e. The van der Waals surface area contributed by atoms with Crippen molar-refractivity contribution in [3.8, 4) is 0 Å². The third-order valence-corrected chi connectivity index (χ3v) is 16.6. The van der Waals surface area contributed by atoms with Gasteiger partial charge in [0, 0.05) is 30.4 Å². The number of rotatable bonds is 16. The number of aliphatic hydroxyl groups excluding tert-OH is 1. The zero-order valence-electron chi connectivity index (χ0n) is 34.0. The van der Waals surface area contributed by atoms with Crippen molar-refractivity contribution in [1.82, 2.24) is 21.3 Å². The summed E-state index contributed by atoms with van der Waals surface area (Å²) in [5.74, 6) is 4.67. The van der Waals surface area contributed by atoms with E-state index in [9.17, 15) is 19.5 Å². The molecule has 0 aromatic heterocycles. The van der Waals surface area contributed by atoms with Crippen LogP contribution in [-0.2, 0) is 14.3 Å². The van der Waals surface area contributed by atoms with Crippen molar-refractivity contribution in [1.29, 1.82) is 0 Å². The lowest BCUT2D eigenvalue weighted by Crippen LogP contribution is -2.50. The number of ether oxygens (including phenoxy) is 1. The largest absolute Gasteiger partial charge is 0.393 e. The van der Waals surface area contributed by atoms with Crippen LogP contribution in [-0.4, -0.2) is 76.4 Å². The monoisotopic (exact) mass is 757 g/mol. The molecule has 5 N–H and O–H groups in total. The van der Waals surface area contributed by atoms with Crippen LogP contribution in [0.2, 0.25) is 0 Å². The van der Waals surface area contributed by atoms with E-state index < -0.39 is 11.1 Å². The number of hydrogen-bond donors (Lipinski definition) is 5. The Labute approximate surface area is 324 Å². The Morgan fingerprint density at radius 1 is 1.04 bits per heavy atom. The number of nitrogens with one attached hydrogen (secondary N) is 4. The van der Waals surface area contributed by atoms with Crippen LogP contribution in [0.3, 0.4) is 0 Å². The molecule has 6 aliphatic rings. The average Bonchev–Trinajstić information content (AvgIpc) is 3.76. The van der Waals surface area contributed by atoms with Crippen molar-refractivity contribution in [2.45, 2.75) is 179 Å². The van der Waals surface area contributed by atoms with Crippen LogP contribution in [0.25, 0.3) is 0 Å². The van der Waals surface area contributed by atoms with Crippen LogP contribution < -0.4 is 21.3 Å². The first kappa shape index (κ1) is 40.9. The zero-order valence-corrected chi connectivity index (χ0v) is 34.8. The molecule has 2 aliphatic heterocycles. The summed E-state index contributed by atoms with van der Waals surface area (Å²) >= 11 is 1.91. The molecule has 0 aromatic carbocycles. The molecule has 6 rings (SSSR count). The molecule has 4 aliphatic carbocycles. The van der Waals surface area contributed by atoms with Crippen molar-refractivity contribution in [3.05, 3.63) is 11.6 Å². The lowest BCUT2D eigenvalue weighted by Gasteiger charge is -2.58. The Morgan fingerprint density at radius 3 is 2.62 bits per heavy atom. The quantitative estimate of drug-likeness (QED) is 0.0641. The maximum absolute atomic E-state index is 13.0. The fraction of sp³-hybridized carbons (Fsp3) is 0.884. The summed E-state index contributed by atoms with van der Waals surface area (Å²) < 4.78 is 6.30. The number of hydrogen-bond acceptors (Lipinski definition) is 6. The first-order valence-electron chi connectivity index (χ1n) is 21.3. The number of allylic oxidation sites excluding steroid dienone is 1. The van der Waals surface area contributed by atoms with Crippen molar-refractivity contribution in [3.63, 3.8) is 0 Å². The van der Waals surface area contributed by atoms with Crippen LogP contribution in [0.15, 0.2) is 11.6 Å². The molecule has 0 radical (unpaired) electrons. The van der Waals surface area contributed by atoms with Gasteiger partial charge in [0.15, 0.2) is 0 Å². The third-order valence-electron chi connectivity index (χ3n) is 15.1. The van der Waals surface area contributed by atoms with Gasteiger partial charge in [0.25, 0.3) is 0 Å². The number of unbranched alkanes of at least 4 members (excludes halogenated alkanes) is 1. The molecular formula is C43H72N4O5S. The lowest BCUT2D eigenvalue weighted by atomic mass is 9.47. The van der Waals surface area contributed by atoms with E-state index in [0.717, 1.165) is 68.5 Å². The van der Waals surface area contributed by atoms with Crippen LogP contribution in [0.4, 0.5) is 4.79 Å². The van der Waals surface area contributed by atoms with Gasteiger partial charge in [0.05, 0.1) is 35.9 Å². The van der Waals surface area contributed by atoms with E-state index in [-0.39, 0.29) is 41.4 Å². The van der Waals surface area contributed by atoms with Crippen LogP contribution >= 0.6 is 11.8 Å². The SMILES string of the molecule is CC(CCC(=O)NCCC(C)(C)OCC(C)(C)NC(=O)CCCC[C@@H]1SC[C@@H]2NC(=O)N[C@@H]21)C1CC[C@H]2C3CC=C4C[C@@H](O)CC[C@]4(C)[C@H]3CC[C@]12C. The van der Waals surface area contributed by atoms with Gasteiger partial charge < -0.3 is 31.1 Å². The van der Waals surface area contributed by atoms with E-state index in [1.54, 1.807) is 5.57 Å². The highest BCUT2D eigenvalue weighted by Gasteiger charge is 2.59. The van der Waals surface area contributed by atoms with E-state index in [4.69, 9.17) is 4.74 Å². The molecule has 0 bridgehead atoms. The number of fused-ring (bicyclic) bond motifs is 6. The van der Waals surface area contributed by atoms with E-state index >= 15 is 0 Å². The Balaban J connectivity index is 0.857.